The van der Waals surface area contributed by atoms with Gasteiger partial charge in [-0.05, 0) is 53.6 Å². The van der Waals surface area contributed by atoms with Crippen LogP contribution in [0.5, 0.6) is 0 Å². The van der Waals surface area contributed by atoms with Crippen molar-refractivity contribution in [2.24, 2.45) is 0 Å². The average molecular weight is 293 g/mol. The zero-order valence-corrected chi connectivity index (χ0v) is 12.2. The summed E-state index contributed by atoms with van der Waals surface area (Å²) in [4.78, 5) is 12.2. The van der Waals surface area contributed by atoms with E-state index in [1.54, 1.807) is 0 Å². The van der Waals surface area contributed by atoms with Crippen LogP contribution in [0.3, 0.4) is 0 Å². The molecular weight excluding hydrogens is 277 g/mol. The van der Waals surface area contributed by atoms with Crippen LogP contribution in [0.4, 0.5) is 4.39 Å². The highest BCUT2D eigenvalue weighted by molar-refractivity contribution is 5.94. The van der Waals surface area contributed by atoms with Gasteiger partial charge < -0.3 is 5.32 Å². The van der Waals surface area contributed by atoms with Crippen LogP contribution < -0.4 is 5.32 Å². The Morgan fingerprint density at radius 1 is 0.955 bits per heavy atom. The van der Waals surface area contributed by atoms with Crippen LogP contribution in [0, 0.1) is 5.82 Å². The molecule has 0 saturated heterocycles. The van der Waals surface area contributed by atoms with Gasteiger partial charge in [0.2, 0.25) is 0 Å². The van der Waals surface area contributed by atoms with Gasteiger partial charge in [-0.3, -0.25) is 4.79 Å². The zero-order chi connectivity index (χ0) is 15.5. The highest BCUT2D eigenvalue weighted by atomic mass is 19.1. The predicted octanol–water partition coefficient (Wildman–Crippen LogP) is 4.47. The Morgan fingerprint density at radius 2 is 1.64 bits per heavy atom. The molecule has 0 heterocycles. The molecule has 0 radical (unpaired) electrons. The van der Waals surface area contributed by atoms with Gasteiger partial charge in [0.25, 0.3) is 5.91 Å². The monoisotopic (exact) mass is 293 g/mol. The molecule has 3 rings (SSSR count). The first-order valence-corrected chi connectivity index (χ1v) is 7.18. The average Bonchev–Trinajstić information content (AvgIpc) is 2.55. The molecular formula is C19H16FNO. The molecule has 3 aromatic rings. The van der Waals surface area contributed by atoms with Crippen LogP contribution in [-0.4, -0.2) is 5.91 Å². The quantitative estimate of drug-likeness (QED) is 0.758. The fraction of sp³-hybridized carbons (Fsp3) is 0.105. The molecule has 22 heavy (non-hydrogen) atoms. The number of amides is 1. The SMILES string of the molecule is CC(NC(=O)c1ccc(F)cc1)c1ccc2ccccc2c1. The van der Waals surface area contributed by atoms with E-state index < -0.39 is 0 Å². The Morgan fingerprint density at radius 3 is 2.36 bits per heavy atom. The maximum absolute atomic E-state index is 12.9. The van der Waals surface area contributed by atoms with E-state index in [0.29, 0.717) is 5.56 Å². The number of benzene rings is 3. The normalized spacial score (nSPS) is 12.1. The lowest BCUT2D eigenvalue weighted by Crippen LogP contribution is -2.26. The summed E-state index contributed by atoms with van der Waals surface area (Å²) in [5.74, 6) is -0.556. The van der Waals surface area contributed by atoms with Crippen molar-refractivity contribution in [1.29, 1.82) is 0 Å². The summed E-state index contributed by atoms with van der Waals surface area (Å²) in [6.45, 7) is 1.94. The molecule has 1 amide bonds. The van der Waals surface area contributed by atoms with Crippen molar-refractivity contribution in [2.45, 2.75) is 13.0 Å². The fourth-order valence-corrected chi connectivity index (χ4v) is 2.44. The second-order valence-corrected chi connectivity index (χ2v) is 5.31. The van der Waals surface area contributed by atoms with Crippen LogP contribution >= 0.6 is 0 Å². The van der Waals surface area contributed by atoms with E-state index >= 15 is 0 Å². The lowest BCUT2D eigenvalue weighted by Gasteiger charge is -2.15. The van der Waals surface area contributed by atoms with E-state index in [0.717, 1.165) is 10.9 Å². The van der Waals surface area contributed by atoms with E-state index in [1.165, 1.54) is 29.7 Å². The van der Waals surface area contributed by atoms with E-state index in [2.05, 4.69) is 17.4 Å². The summed E-state index contributed by atoms with van der Waals surface area (Å²) in [6, 6.07) is 19.7. The van der Waals surface area contributed by atoms with Crippen LogP contribution in [0.15, 0.2) is 66.7 Å². The third kappa shape index (κ3) is 2.98. The third-order valence-electron chi connectivity index (χ3n) is 3.73. The van der Waals surface area contributed by atoms with Gasteiger partial charge in [0.1, 0.15) is 5.82 Å². The number of fused-ring (bicyclic) bond motifs is 1. The van der Waals surface area contributed by atoms with Crippen molar-refractivity contribution in [3.8, 4) is 0 Å². The molecule has 0 saturated carbocycles. The minimum atomic E-state index is -0.348. The number of hydrogen-bond donors (Lipinski definition) is 1. The first-order chi connectivity index (χ1) is 10.6. The molecule has 1 N–H and O–H groups in total. The van der Waals surface area contributed by atoms with Crippen molar-refractivity contribution in [2.75, 3.05) is 0 Å². The van der Waals surface area contributed by atoms with E-state index in [-0.39, 0.29) is 17.8 Å². The molecule has 3 aromatic carbocycles. The van der Waals surface area contributed by atoms with Crippen molar-refractivity contribution >= 4 is 16.7 Å². The number of hydrogen-bond acceptors (Lipinski definition) is 1. The second-order valence-electron chi connectivity index (χ2n) is 5.31. The van der Waals surface area contributed by atoms with Crippen molar-refractivity contribution in [3.05, 3.63) is 83.7 Å². The van der Waals surface area contributed by atoms with E-state index in [1.807, 2.05) is 37.3 Å². The van der Waals surface area contributed by atoms with Crippen molar-refractivity contribution in [1.82, 2.24) is 5.32 Å². The van der Waals surface area contributed by atoms with Crippen LogP contribution in [-0.2, 0) is 0 Å². The number of carbonyl (C=O) groups excluding carboxylic acids is 1. The molecule has 110 valence electrons. The highest BCUT2D eigenvalue weighted by Gasteiger charge is 2.11. The predicted molar refractivity (Wildman–Crippen MR) is 86.2 cm³/mol. The Kier molecular flexibility index (Phi) is 3.88. The zero-order valence-electron chi connectivity index (χ0n) is 12.2. The maximum atomic E-state index is 12.9. The summed E-state index contributed by atoms with van der Waals surface area (Å²) in [5.41, 5.74) is 1.49. The minimum Gasteiger partial charge on any atom is -0.346 e. The largest absolute Gasteiger partial charge is 0.346 e. The fourth-order valence-electron chi connectivity index (χ4n) is 2.44. The summed E-state index contributed by atoms with van der Waals surface area (Å²) >= 11 is 0. The molecule has 2 nitrogen and oxygen atoms in total. The van der Waals surface area contributed by atoms with Gasteiger partial charge in [-0.15, -0.1) is 0 Å². The molecule has 1 atom stereocenters. The van der Waals surface area contributed by atoms with Crippen molar-refractivity contribution < 1.29 is 9.18 Å². The van der Waals surface area contributed by atoms with Gasteiger partial charge >= 0.3 is 0 Å². The molecule has 0 aliphatic rings. The summed E-state index contributed by atoms with van der Waals surface area (Å²) < 4.78 is 12.9. The van der Waals surface area contributed by atoms with Gasteiger partial charge in [-0.2, -0.15) is 0 Å². The van der Waals surface area contributed by atoms with Gasteiger partial charge in [0.15, 0.2) is 0 Å². The second kappa shape index (κ2) is 5.98. The summed E-state index contributed by atoms with van der Waals surface area (Å²) in [7, 11) is 0. The Labute approximate surface area is 128 Å². The molecule has 0 spiro atoms. The van der Waals surface area contributed by atoms with Crippen LogP contribution in [0.2, 0.25) is 0 Å². The first kappa shape index (κ1) is 14.3. The number of rotatable bonds is 3. The standard InChI is InChI=1S/C19H16FNO/c1-13(21-19(22)15-8-10-18(20)11-9-15)16-7-6-14-4-2-3-5-17(14)12-16/h2-13H,1H3,(H,21,22). The summed E-state index contributed by atoms with van der Waals surface area (Å²) in [6.07, 6.45) is 0. The summed E-state index contributed by atoms with van der Waals surface area (Å²) in [5, 5.41) is 5.25. The number of carbonyl (C=O) groups is 1. The lowest BCUT2D eigenvalue weighted by atomic mass is 10.0. The Bertz CT molecular complexity index is 811. The van der Waals surface area contributed by atoms with Gasteiger partial charge in [-0.25, -0.2) is 4.39 Å². The van der Waals surface area contributed by atoms with Crippen LogP contribution in [0.1, 0.15) is 28.9 Å². The third-order valence-corrected chi connectivity index (χ3v) is 3.73. The van der Waals surface area contributed by atoms with Gasteiger partial charge in [-0.1, -0.05) is 36.4 Å². The number of halogens is 1. The molecule has 0 fully saturated rings. The van der Waals surface area contributed by atoms with E-state index in [4.69, 9.17) is 0 Å². The maximum Gasteiger partial charge on any atom is 0.251 e. The lowest BCUT2D eigenvalue weighted by molar-refractivity contribution is 0.0940. The number of nitrogens with one attached hydrogen (secondary N) is 1. The molecule has 3 heteroatoms. The molecule has 0 aromatic heterocycles. The van der Waals surface area contributed by atoms with Crippen LogP contribution in [0.25, 0.3) is 10.8 Å². The smallest absolute Gasteiger partial charge is 0.251 e. The molecule has 1 unspecified atom stereocenters. The van der Waals surface area contributed by atoms with Gasteiger partial charge in [0.05, 0.1) is 6.04 Å². The highest BCUT2D eigenvalue weighted by Crippen LogP contribution is 2.20. The first-order valence-electron chi connectivity index (χ1n) is 7.18. The Balaban J connectivity index is 1.79. The van der Waals surface area contributed by atoms with Crippen molar-refractivity contribution in [3.63, 3.8) is 0 Å². The molecule has 0 aliphatic carbocycles. The minimum absolute atomic E-state index is 0.123. The topological polar surface area (TPSA) is 29.1 Å². The molecule has 0 bridgehead atoms. The molecule has 0 aliphatic heterocycles. The van der Waals surface area contributed by atoms with Gasteiger partial charge in [0, 0.05) is 5.56 Å². The Hall–Kier alpha value is -2.68. The van der Waals surface area contributed by atoms with E-state index in [9.17, 15) is 9.18 Å².